The quantitative estimate of drug-likeness (QED) is 0.00623. The van der Waals surface area contributed by atoms with Crippen LogP contribution in [0, 0.1) is 0 Å². The van der Waals surface area contributed by atoms with Gasteiger partial charge in [-0.15, -0.1) is 0 Å². The summed E-state index contributed by atoms with van der Waals surface area (Å²) in [5.74, 6) is 0.269. The van der Waals surface area contributed by atoms with Crippen molar-refractivity contribution in [3.63, 3.8) is 0 Å². The number of esters is 1. The molecule has 2 unspecified atom stereocenters. The molecule has 35 heteroatoms. The zero-order valence-electron chi connectivity index (χ0n) is 54.0. The number of benzene rings is 4. The highest BCUT2D eigenvalue weighted by Gasteiger charge is 2.39. The number of nitrogen functional groups attached to an aromatic ring is 2. The van der Waals surface area contributed by atoms with Crippen LogP contribution in [0.1, 0.15) is 116 Å². The third-order valence-electron chi connectivity index (χ3n) is 16.4. The number of aromatic amines is 1. The summed E-state index contributed by atoms with van der Waals surface area (Å²) in [6, 6.07) is 28.5. The summed E-state index contributed by atoms with van der Waals surface area (Å²) in [5.41, 5.74) is 31.0. The maximum atomic E-state index is 14.0. The van der Waals surface area contributed by atoms with Crippen LogP contribution in [-0.4, -0.2) is 126 Å². The molecule has 2 fully saturated rings. The summed E-state index contributed by atoms with van der Waals surface area (Å²) in [7, 11) is -1.33. The molecule has 4 aromatic heterocycles. The Morgan fingerprint density at radius 1 is 0.798 bits per heavy atom. The van der Waals surface area contributed by atoms with Crippen LogP contribution in [0.25, 0.3) is 33.7 Å². The second kappa shape index (κ2) is 33.4. The van der Waals surface area contributed by atoms with Gasteiger partial charge in [-0.1, -0.05) is 79.7 Å². The SMILES string of the molecule is CP(O)OCCCCCCNC(=O)CCCCC(=O)N1Cc2ccccc2/C(NCCOc2ccc(C(=O)Oc3ccc(CS[P@](N)(=O)OC[C@H]4O[C@@H](n5cnc6c(=O)[nH]c(N)nc65)C/C4=N\P(=O)(S)OC[C@@H]4CC[C@H](n5cnc6c(N)ncnc65)O4)cc3)cc2)=C(/N)c2ccccc21. The number of thiol groups is 1. The number of nitrogens with zero attached hydrogens (tertiary/aromatic N) is 9. The van der Waals surface area contributed by atoms with Crippen LogP contribution < -0.4 is 53.3 Å². The molecule has 7 heterocycles. The van der Waals surface area contributed by atoms with Gasteiger partial charge in [0.25, 0.3) is 5.56 Å². The Hall–Kier alpha value is -8.09. The molecule has 3 aliphatic rings. The minimum absolute atomic E-state index is 0.00383. The van der Waals surface area contributed by atoms with Gasteiger partial charge in [-0.25, -0.2) is 24.7 Å². The van der Waals surface area contributed by atoms with E-state index in [4.69, 9.17) is 55.2 Å². The minimum atomic E-state index is -4.08. The first-order valence-electron chi connectivity index (χ1n) is 32.0. The fourth-order valence-corrected chi connectivity index (χ4v) is 15.7. The molecule has 0 bridgehead atoms. The topological polar surface area (TPSA) is 421 Å². The predicted octanol–water partition coefficient (Wildman–Crippen LogP) is 9.31. The fourth-order valence-electron chi connectivity index (χ4n) is 11.5. The number of rotatable bonds is 32. The molecular formula is C64H77N16O14P3S2. The summed E-state index contributed by atoms with van der Waals surface area (Å²) in [6.45, 7) is -4.86. The Morgan fingerprint density at radius 3 is 2.32 bits per heavy atom. The van der Waals surface area contributed by atoms with E-state index >= 15 is 0 Å². The first-order chi connectivity index (χ1) is 47.7. The van der Waals surface area contributed by atoms with Crippen molar-refractivity contribution in [2.24, 2.45) is 16.0 Å². The van der Waals surface area contributed by atoms with Gasteiger partial charge in [0.15, 0.2) is 31.0 Å². The second-order valence-corrected chi connectivity index (χ2v) is 31.8. The largest absolute Gasteiger partial charge is 0.492 e. The molecule has 0 spiro atoms. The Bertz CT molecular complexity index is 4410. The molecule has 3 aliphatic heterocycles. The highest BCUT2D eigenvalue weighted by molar-refractivity contribution is 8.55. The van der Waals surface area contributed by atoms with Crippen LogP contribution in [0.2, 0.25) is 0 Å². The average molecular weight is 1450 g/mol. The van der Waals surface area contributed by atoms with E-state index in [1.165, 1.54) is 17.2 Å². The van der Waals surface area contributed by atoms with E-state index in [1.54, 1.807) is 71.0 Å². The summed E-state index contributed by atoms with van der Waals surface area (Å²) in [6.07, 6.45) is 7.76. The van der Waals surface area contributed by atoms with Crippen molar-refractivity contribution in [3.05, 3.63) is 154 Å². The number of nitrogens with two attached hydrogens (primary N) is 4. The van der Waals surface area contributed by atoms with Gasteiger partial charge in [0, 0.05) is 55.9 Å². The Balaban J connectivity index is 0.636. The predicted molar refractivity (Wildman–Crippen MR) is 380 cm³/mol. The average Bonchev–Trinajstić information content (AvgIpc) is 1.77. The van der Waals surface area contributed by atoms with Crippen molar-refractivity contribution in [2.75, 3.05) is 62.5 Å². The molecule has 4 aromatic carbocycles. The van der Waals surface area contributed by atoms with Crippen LogP contribution in [-0.2, 0) is 54.1 Å². The zero-order chi connectivity index (χ0) is 69.6. The number of para-hydroxylation sites is 1. The van der Waals surface area contributed by atoms with E-state index < -0.39 is 64.6 Å². The molecular weight excluding hydrogens is 1370 g/mol. The van der Waals surface area contributed by atoms with Crippen molar-refractivity contribution >= 4 is 120 Å². The van der Waals surface area contributed by atoms with Crippen LogP contribution in [0.4, 0.5) is 17.5 Å². The van der Waals surface area contributed by atoms with Gasteiger partial charge >= 0.3 is 19.4 Å². The molecule has 0 radical (unpaired) electrons. The van der Waals surface area contributed by atoms with Crippen molar-refractivity contribution in [3.8, 4) is 11.5 Å². The molecule has 11 rings (SSSR count). The van der Waals surface area contributed by atoms with E-state index in [-0.39, 0.29) is 83.6 Å². The van der Waals surface area contributed by atoms with E-state index in [1.807, 2.05) is 48.5 Å². The van der Waals surface area contributed by atoms with Gasteiger partial charge in [0.05, 0.1) is 73.5 Å². The maximum Gasteiger partial charge on any atom is 0.368 e. The normalized spacial score (nSPS) is 19.6. The maximum absolute atomic E-state index is 14.0. The number of carbonyl (C=O) groups excluding carboxylic acids is 3. The van der Waals surface area contributed by atoms with E-state index in [9.17, 15) is 33.2 Å². The lowest BCUT2D eigenvalue weighted by molar-refractivity contribution is -0.122. The lowest BCUT2D eigenvalue weighted by Gasteiger charge is -2.30. The number of fused-ring (bicyclic) bond motifs is 4. The first-order valence-corrected chi connectivity index (χ1v) is 39.7. The van der Waals surface area contributed by atoms with Crippen LogP contribution in [0.15, 0.2) is 126 Å². The minimum Gasteiger partial charge on any atom is -0.492 e. The second-order valence-electron chi connectivity index (χ2n) is 23.5. The number of H-pyrrole nitrogens is 1. The number of amides is 2. The van der Waals surface area contributed by atoms with Gasteiger partial charge in [-0.3, -0.25) is 43.1 Å². The Kier molecular flexibility index (Phi) is 24.3. The zero-order valence-corrected chi connectivity index (χ0v) is 58.4. The van der Waals surface area contributed by atoms with Crippen LogP contribution in [0.3, 0.4) is 0 Å². The fraction of sp³-hybridized carbons (Fsp3) is 0.375. The molecule has 2 saturated heterocycles. The molecule has 2 amide bonds. The van der Waals surface area contributed by atoms with Crippen LogP contribution >= 0.6 is 45.4 Å². The highest BCUT2D eigenvalue weighted by Crippen LogP contribution is 2.57. The van der Waals surface area contributed by atoms with Crippen molar-refractivity contribution in [1.29, 1.82) is 0 Å². The molecule has 30 nitrogen and oxygen atoms in total. The third-order valence-corrected chi connectivity index (χ3v) is 21.7. The highest BCUT2D eigenvalue weighted by atomic mass is 32.7. The van der Waals surface area contributed by atoms with E-state index in [0.29, 0.717) is 103 Å². The van der Waals surface area contributed by atoms with E-state index in [2.05, 4.69) is 57.5 Å². The lowest BCUT2D eigenvalue weighted by Crippen LogP contribution is -2.34. The molecule has 0 aliphatic carbocycles. The van der Waals surface area contributed by atoms with Gasteiger partial charge in [-0.2, -0.15) is 9.75 Å². The van der Waals surface area contributed by atoms with Gasteiger partial charge in [0.1, 0.15) is 48.5 Å². The van der Waals surface area contributed by atoms with Crippen molar-refractivity contribution in [2.45, 2.75) is 108 Å². The molecule has 99 heavy (non-hydrogen) atoms. The number of carbonyl (C=O) groups is 3. The number of hydrogen-bond donors (Lipinski definition) is 9. The monoisotopic (exact) mass is 1450 g/mol. The number of imidazole rings is 2. The number of aromatic nitrogens is 8. The molecule has 0 saturated carbocycles. The summed E-state index contributed by atoms with van der Waals surface area (Å²) >= 11 is 5.19. The molecule has 524 valence electrons. The number of nitrogens with one attached hydrogen (secondary N) is 3. The van der Waals surface area contributed by atoms with Crippen molar-refractivity contribution < 1.29 is 60.9 Å². The van der Waals surface area contributed by atoms with Crippen molar-refractivity contribution in [1.82, 2.24) is 49.7 Å². The van der Waals surface area contributed by atoms with Crippen LogP contribution in [0.5, 0.6) is 11.5 Å². The number of hydrogen-bond acceptors (Lipinski definition) is 24. The van der Waals surface area contributed by atoms with Gasteiger partial charge in [0.2, 0.25) is 17.8 Å². The Morgan fingerprint density at radius 2 is 1.53 bits per heavy atom. The summed E-state index contributed by atoms with van der Waals surface area (Å²) < 4.78 is 76.6. The van der Waals surface area contributed by atoms with Gasteiger partial charge < -0.3 is 70.1 Å². The van der Waals surface area contributed by atoms with E-state index in [0.717, 1.165) is 48.2 Å². The third kappa shape index (κ3) is 19.1. The number of ether oxygens (including phenoxy) is 4. The van der Waals surface area contributed by atoms with Gasteiger partial charge in [-0.05, 0) is 103 Å². The number of anilines is 3. The number of unbranched alkanes of at least 4 members (excludes halogenated alkanes) is 4. The lowest BCUT2D eigenvalue weighted by atomic mass is 9.95. The first kappa shape index (κ1) is 72.2. The summed E-state index contributed by atoms with van der Waals surface area (Å²) in [5, 5.41) is 6.47. The Labute approximate surface area is 579 Å². The molecule has 12 N–H and O–H groups in total. The smallest absolute Gasteiger partial charge is 0.368 e. The molecule has 7 atom stereocenters. The molecule has 8 aromatic rings. The summed E-state index contributed by atoms with van der Waals surface area (Å²) in [4.78, 5) is 87.0. The standard InChI is InChI=1S/C64H77N16O14P3S2/c1-95(85)89-30-11-3-2-10-28-69-51(81)16-8-9-17-52(82)78-33-42-12-4-5-13-46(42)56(55(65)47-14-6-7-15-49(47)78)70-29-31-88-43-24-20-41(21-25-43)63(84)93-44-22-18-40(19-23-44)36-99-96(68,86)90-35-50-48(32-54(94-50)80-39-74-58-61(80)75-64(67)76-62(58)83)77-97(87,98)91-34-45-26-27-53(92-45)79-38-73-57-59(66)71-37-72-60(57)79/h4-7,12-15,18-25,37-39,45,50,53-54,70,85H,2-3,8-11,16-17,26-36,65H2,1H3,(H2,68,86)(H,69,81)(H,87,98)(H2,66,71,72)(H3,67,75,76,83)/b56-55-,77-48+/t45-,50+,53+,54+,95?,96+,97?/m0/s1.